The molecule has 2 aromatic carbocycles. The molecule has 0 aliphatic rings. The van der Waals surface area contributed by atoms with Crippen LogP contribution in [0.5, 0.6) is 0 Å². The number of nitrogens with one attached hydrogen (secondary N) is 2. The summed E-state index contributed by atoms with van der Waals surface area (Å²) < 4.78 is 0. The lowest BCUT2D eigenvalue weighted by atomic mass is 9.98. The Bertz CT molecular complexity index is 833. The van der Waals surface area contributed by atoms with Crippen LogP contribution in [0.1, 0.15) is 11.1 Å². The summed E-state index contributed by atoms with van der Waals surface area (Å²) in [5, 5.41) is 10.5. The molecular weight excluding hydrogens is 405 g/mol. The highest BCUT2D eigenvalue weighted by molar-refractivity contribution is 6.42. The third-order valence-corrected chi connectivity index (χ3v) is 4.64. The third kappa shape index (κ3) is 6.84. The number of carbonyl (C=O) groups excluding carboxylic acids is 3. The molecule has 0 fully saturated rings. The number of hydrogen-bond acceptors (Lipinski definition) is 4. The molecule has 3 amide bonds. The van der Waals surface area contributed by atoms with Gasteiger partial charge in [-0.15, -0.1) is 0 Å². The van der Waals surface area contributed by atoms with Gasteiger partial charge in [0, 0.05) is 0 Å². The van der Waals surface area contributed by atoms with E-state index in [2.05, 4.69) is 10.9 Å². The van der Waals surface area contributed by atoms with Gasteiger partial charge >= 0.3 is 0 Å². The van der Waals surface area contributed by atoms with E-state index in [0.29, 0.717) is 20.7 Å². The van der Waals surface area contributed by atoms with Crippen molar-refractivity contribution < 1.29 is 19.6 Å². The minimum absolute atomic E-state index is 0.0963. The van der Waals surface area contributed by atoms with Crippen molar-refractivity contribution in [3.05, 3.63) is 69.7 Å². The Morgan fingerprint density at radius 1 is 1.04 bits per heavy atom. The van der Waals surface area contributed by atoms with Crippen molar-refractivity contribution in [3.63, 3.8) is 0 Å². The summed E-state index contributed by atoms with van der Waals surface area (Å²) in [6, 6.07) is 13.9. The number of hydrogen-bond donors (Lipinski definition) is 3. The summed E-state index contributed by atoms with van der Waals surface area (Å²) in [6.45, 7) is -0.260. The molecule has 2 aromatic rings. The molecular formula is C19H19Cl2N3O4. The molecule has 0 aliphatic carbocycles. The quantitative estimate of drug-likeness (QED) is 0.344. The van der Waals surface area contributed by atoms with Crippen LogP contribution in [0.3, 0.4) is 0 Å². The van der Waals surface area contributed by atoms with Crippen LogP contribution in [0, 0.1) is 5.92 Å². The Morgan fingerprint density at radius 2 is 1.75 bits per heavy atom. The van der Waals surface area contributed by atoms with Crippen molar-refractivity contribution in [2.24, 2.45) is 5.92 Å². The monoisotopic (exact) mass is 423 g/mol. The fourth-order valence-corrected chi connectivity index (χ4v) is 2.84. The fourth-order valence-electron chi connectivity index (χ4n) is 2.52. The van der Waals surface area contributed by atoms with Crippen molar-refractivity contribution in [3.8, 4) is 0 Å². The van der Waals surface area contributed by atoms with Crippen LogP contribution < -0.4 is 10.9 Å². The van der Waals surface area contributed by atoms with Crippen molar-refractivity contribution in [1.82, 2.24) is 15.9 Å². The first-order valence-electron chi connectivity index (χ1n) is 8.36. The van der Waals surface area contributed by atoms with E-state index < -0.39 is 17.7 Å². The number of halogens is 2. The molecule has 0 aliphatic heterocycles. The van der Waals surface area contributed by atoms with E-state index in [1.165, 1.54) is 0 Å². The summed E-state index contributed by atoms with van der Waals surface area (Å²) in [6.07, 6.45) is 0.463. The lowest BCUT2D eigenvalue weighted by Crippen LogP contribution is -2.47. The molecule has 0 saturated heterocycles. The van der Waals surface area contributed by atoms with Gasteiger partial charge in [-0.3, -0.25) is 30.4 Å². The third-order valence-electron chi connectivity index (χ3n) is 3.90. The molecule has 0 saturated carbocycles. The first kappa shape index (κ1) is 21.7. The molecule has 0 spiro atoms. The van der Waals surface area contributed by atoms with E-state index in [0.717, 1.165) is 5.56 Å². The van der Waals surface area contributed by atoms with Crippen LogP contribution in [0.4, 0.5) is 0 Å². The average Bonchev–Trinajstić information content (AvgIpc) is 2.69. The number of hydrazine groups is 1. The van der Waals surface area contributed by atoms with Crippen LogP contribution in [0.2, 0.25) is 10.0 Å². The second-order valence-electron chi connectivity index (χ2n) is 6.08. The van der Waals surface area contributed by atoms with Crippen LogP contribution in [0.25, 0.3) is 0 Å². The summed E-state index contributed by atoms with van der Waals surface area (Å²) in [4.78, 5) is 35.2. The summed E-state index contributed by atoms with van der Waals surface area (Å²) in [5.74, 6) is -1.79. The van der Waals surface area contributed by atoms with Crippen LogP contribution >= 0.6 is 23.2 Å². The molecule has 0 radical (unpaired) electrons. The molecule has 1 unspecified atom stereocenters. The highest BCUT2D eigenvalue weighted by Gasteiger charge is 2.22. The average molecular weight is 424 g/mol. The van der Waals surface area contributed by atoms with Crippen molar-refractivity contribution in [1.29, 1.82) is 0 Å². The minimum atomic E-state index is -0.829. The molecule has 3 N–H and O–H groups in total. The zero-order valence-corrected chi connectivity index (χ0v) is 16.3. The maximum atomic E-state index is 12.5. The van der Waals surface area contributed by atoms with Gasteiger partial charge < -0.3 is 0 Å². The normalized spacial score (nSPS) is 11.4. The summed E-state index contributed by atoms with van der Waals surface area (Å²) >= 11 is 11.9. The molecule has 9 heteroatoms. The zero-order valence-electron chi connectivity index (χ0n) is 14.8. The molecule has 7 nitrogen and oxygen atoms in total. The Morgan fingerprint density at radius 3 is 2.39 bits per heavy atom. The molecule has 28 heavy (non-hydrogen) atoms. The summed E-state index contributed by atoms with van der Waals surface area (Å²) in [7, 11) is 0. The lowest BCUT2D eigenvalue weighted by Gasteiger charge is -2.20. The first-order chi connectivity index (χ1) is 13.4. The zero-order chi connectivity index (χ0) is 20.5. The van der Waals surface area contributed by atoms with Crippen LogP contribution in [-0.4, -0.2) is 35.0 Å². The SMILES string of the molecule is O=CN(O)CC(Cc1ccc(Cl)c(Cl)c1)C(=O)NNC(=O)Cc1ccccc1. The maximum Gasteiger partial charge on any atom is 0.243 e. The minimum Gasteiger partial charge on any atom is -0.286 e. The predicted molar refractivity (Wildman–Crippen MR) is 105 cm³/mol. The van der Waals surface area contributed by atoms with E-state index in [4.69, 9.17) is 23.2 Å². The number of hydroxylamine groups is 2. The van der Waals surface area contributed by atoms with E-state index in [9.17, 15) is 19.6 Å². The topological polar surface area (TPSA) is 98.7 Å². The highest BCUT2D eigenvalue weighted by atomic mass is 35.5. The second-order valence-corrected chi connectivity index (χ2v) is 6.89. The van der Waals surface area contributed by atoms with Gasteiger partial charge in [0.1, 0.15) is 0 Å². The fraction of sp³-hybridized carbons (Fsp3) is 0.211. The van der Waals surface area contributed by atoms with Crippen molar-refractivity contribution >= 4 is 41.4 Å². The Balaban J connectivity index is 1.98. The van der Waals surface area contributed by atoms with Gasteiger partial charge in [0.25, 0.3) is 0 Å². The van der Waals surface area contributed by atoms with E-state index in [-0.39, 0.29) is 25.8 Å². The number of nitrogens with zero attached hydrogens (tertiary/aromatic N) is 1. The largest absolute Gasteiger partial charge is 0.286 e. The molecule has 0 bridgehead atoms. The number of benzene rings is 2. The van der Waals surface area contributed by atoms with Gasteiger partial charge in [0.15, 0.2) is 0 Å². The van der Waals surface area contributed by atoms with Crippen molar-refractivity contribution in [2.75, 3.05) is 6.54 Å². The van der Waals surface area contributed by atoms with Crippen molar-refractivity contribution in [2.45, 2.75) is 12.8 Å². The molecule has 2 rings (SSSR count). The van der Waals surface area contributed by atoms with Gasteiger partial charge in [0.05, 0.1) is 28.9 Å². The smallest absolute Gasteiger partial charge is 0.243 e. The highest BCUT2D eigenvalue weighted by Crippen LogP contribution is 2.24. The number of amides is 3. The lowest BCUT2D eigenvalue weighted by molar-refractivity contribution is -0.154. The maximum absolute atomic E-state index is 12.5. The van der Waals surface area contributed by atoms with Gasteiger partial charge in [-0.2, -0.15) is 0 Å². The molecule has 148 valence electrons. The van der Waals surface area contributed by atoms with Gasteiger partial charge in [0.2, 0.25) is 18.2 Å². The number of carbonyl (C=O) groups is 3. The first-order valence-corrected chi connectivity index (χ1v) is 9.12. The van der Waals surface area contributed by atoms with Gasteiger partial charge in [-0.1, -0.05) is 59.6 Å². The molecule has 0 heterocycles. The summed E-state index contributed by atoms with van der Waals surface area (Å²) in [5.41, 5.74) is 6.14. The van der Waals surface area contributed by atoms with E-state index >= 15 is 0 Å². The Hall–Kier alpha value is -2.61. The molecule has 0 aromatic heterocycles. The van der Waals surface area contributed by atoms with E-state index in [1.54, 1.807) is 30.3 Å². The number of rotatable bonds is 8. The van der Waals surface area contributed by atoms with Crippen LogP contribution in [-0.2, 0) is 27.2 Å². The second kappa shape index (κ2) is 10.7. The Kier molecular flexibility index (Phi) is 8.25. The molecule has 1 atom stereocenters. The predicted octanol–water partition coefficient (Wildman–Crippen LogP) is 2.39. The Labute approximate surface area is 172 Å². The van der Waals surface area contributed by atoms with Crippen LogP contribution in [0.15, 0.2) is 48.5 Å². The van der Waals surface area contributed by atoms with Gasteiger partial charge in [-0.25, -0.2) is 5.06 Å². The van der Waals surface area contributed by atoms with Gasteiger partial charge in [-0.05, 0) is 29.7 Å². The van der Waals surface area contributed by atoms with E-state index in [1.807, 2.05) is 18.2 Å². The standard InChI is InChI=1S/C19H19Cl2N3O4/c20-16-7-6-14(9-17(16)21)8-15(11-24(28)12-25)19(27)23-22-18(26)10-13-4-2-1-3-5-13/h1-7,9,12,15,28H,8,10-11H2,(H,22,26)(H,23,27).